The second-order valence-electron chi connectivity index (χ2n) is 5.98. The van der Waals surface area contributed by atoms with E-state index in [0.717, 1.165) is 55.2 Å². The molecular formula is C16H21N2O3S. The Hall–Kier alpha value is -1.53. The van der Waals surface area contributed by atoms with Crippen molar-refractivity contribution in [2.45, 2.75) is 43.2 Å². The molecule has 1 aromatic rings. The molecule has 0 saturated heterocycles. The van der Waals surface area contributed by atoms with Gasteiger partial charge in [-0.1, -0.05) is 6.07 Å². The lowest BCUT2D eigenvalue weighted by Crippen LogP contribution is -2.34. The molecule has 1 saturated carbocycles. The first-order chi connectivity index (χ1) is 10.6. The molecule has 6 heteroatoms. The molecule has 1 aliphatic carbocycles. The molecular weight excluding hydrogens is 300 g/mol. The van der Waals surface area contributed by atoms with Gasteiger partial charge in [0.25, 0.3) is 0 Å². The van der Waals surface area contributed by atoms with Gasteiger partial charge < -0.3 is 15.7 Å². The fourth-order valence-corrected chi connectivity index (χ4v) is 3.95. The van der Waals surface area contributed by atoms with Crippen LogP contribution in [0.2, 0.25) is 0 Å². The average molecular weight is 321 g/mol. The fraction of sp³-hybridized carbons (Fsp3) is 0.500. The van der Waals surface area contributed by atoms with Crippen LogP contribution in [0.15, 0.2) is 23.1 Å². The molecule has 0 unspecified atom stereocenters. The van der Waals surface area contributed by atoms with Crippen LogP contribution in [-0.4, -0.2) is 28.8 Å². The van der Waals surface area contributed by atoms with Crippen LogP contribution in [0, 0.1) is 5.92 Å². The molecule has 1 fully saturated rings. The average Bonchev–Trinajstić information content (AvgIpc) is 2.53. The van der Waals surface area contributed by atoms with Gasteiger partial charge in [-0.25, -0.2) is 0 Å². The number of aliphatic carboxylic acids is 1. The Morgan fingerprint density at radius 1 is 1.32 bits per heavy atom. The minimum absolute atomic E-state index is 0.0752. The molecule has 0 bridgehead atoms. The number of anilines is 1. The maximum absolute atomic E-state index is 11.4. The largest absolute Gasteiger partial charge is 0.481 e. The number of hydrogen-bond donors (Lipinski definition) is 4. The molecule has 0 aromatic heterocycles. The van der Waals surface area contributed by atoms with Gasteiger partial charge in [0.2, 0.25) is 5.91 Å². The highest BCUT2D eigenvalue weighted by molar-refractivity contribution is 8.00. The highest BCUT2D eigenvalue weighted by atomic mass is 32.2. The predicted molar refractivity (Wildman–Crippen MR) is 87.4 cm³/mol. The van der Waals surface area contributed by atoms with Crippen LogP contribution in [0.5, 0.6) is 0 Å². The van der Waals surface area contributed by atoms with E-state index in [1.807, 2.05) is 6.07 Å². The summed E-state index contributed by atoms with van der Waals surface area (Å²) >= 11 is 1.06. The Morgan fingerprint density at radius 2 is 2.09 bits per heavy atom. The standard InChI is InChI=1S/C16H21N2O3S/c19-15-9-22-14-6-1-10(7-13(14)18-15)8-17-12-4-2-11(3-5-12)16(20)21/h1,6-7,11-12,17,22H,2-5,8-9H2,(H,18,19)(H,20,21). The molecule has 3 rings (SSSR count). The van der Waals surface area contributed by atoms with Gasteiger partial charge in [0.15, 0.2) is 0 Å². The van der Waals surface area contributed by atoms with Gasteiger partial charge in [-0.15, -0.1) is 0 Å². The van der Waals surface area contributed by atoms with E-state index < -0.39 is 5.97 Å². The molecule has 1 aromatic carbocycles. The van der Waals surface area contributed by atoms with Crippen molar-refractivity contribution in [3.8, 4) is 0 Å². The first-order valence-electron chi connectivity index (χ1n) is 7.68. The van der Waals surface area contributed by atoms with Crippen LogP contribution < -0.4 is 10.6 Å². The number of thiol groups is 1. The van der Waals surface area contributed by atoms with E-state index in [0.29, 0.717) is 11.8 Å². The highest BCUT2D eigenvalue weighted by Crippen LogP contribution is 2.32. The lowest BCUT2D eigenvalue weighted by Gasteiger charge is -2.27. The third kappa shape index (κ3) is 3.62. The molecule has 0 atom stereocenters. The summed E-state index contributed by atoms with van der Waals surface area (Å²) in [6.45, 7) is 0.752. The molecule has 1 amide bonds. The van der Waals surface area contributed by atoms with Crippen molar-refractivity contribution in [3.63, 3.8) is 0 Å². The normalized spacial score (nSPS) is 24.5. The van der Waals surface area contributed by atoms with E-state index in [1.54, 1.807) is 0 Å². The van der Waals surface area contributed by atoms with Gasteiger partial charge in [-0.05, 0) is 43.4 Å². The smallest absolute Gasteiger partial charge is 0.306 e. The third-order valence-corrected chi connectivity index (χ3v) is 5.58. The molecule has 5 nitrogen and oxygen atoms in total. The van der Waals surface area contributed by atoms with Gasteiger partial charge in [-0.3, -0.25) is 9.59 Å². The van der Waals surface area contributed by atoms with Gasteiger partial charge in [0, 0.05) is 17.5 Å². The minimum atomic E-state index is -0.664. The van der Waals surface area contributed by atoms with Crippen molar-refractivity contribution >= 4 is 29.3 Å². The quantitative estimate of drug-likeness (QED) is 0.641. The van der Waals surface area contributed by atoms with E-state index in [4.69, 9.17) is 5.11 Å². The van der Waals surface area contributed by atoms with Gasteiger partial charge >= 0.3 is 5.97 Å². The second kappa shape index (κ2) is 6.71. The fourth-order valence-electron chi connectivity index (χ4n) is 3.08. The van der Waals surface area contributed by atoms with Crippen molar-refractivity contribution in [1.82, 2.24) is 5.32 Å². The summed E-state index contributed by atoms with van der Waals surface area (Å²) in [5.41, 5.74) is 2.07. The zero-order valence-corrected chi connectivity index (χ0v) is 13.2. The SMILES string of the molecule is O=C1C[SH]c2ccc(CNC3CCC(C(=O)O)CC3)cc2N1. The number of fused-ring (bicyclic) bond motifs is 1. The van der Waals surface area contributed by atoms with E-state index in [1.165, 1.54) is 4.90 Å². The Labute approximate surface area is 133 Å². The number of carbonyl (C=O) groups excluding carboxylic acids is 1. The topological polar surface area (TPSA) is 78.4 Å². The van der Waals surface area contributed by atoms with Crippen LogP contribution in [0.4, 0.5) is 5.69 Å². The van der Waals surface area contributed by atoms with Crippen LogP contribution >= 0.6 is 11.8 Å². The zero-order valence-electron chi connectivity index (χ0n) is 12.3. The molecule has 0 spiro atoms. The van der Waals surface area contributed by atoms with Gasteiger partial charge in [0.05, 0.1) is 17.4 Å². The van der Waals surface area contributed by atoms with Crippen LogP contribution in [-0.2, 0) is 16.1 Å². The number of nitrogens with one attached hydrogen (secondary N) is 2. The summed E-state index contributed by atoms with van der Waals surface area (Å²) < 4.78 is 0. The second-order valence-corrected chi connectivity index (χ2v) is 7.10. The third-order valence-electron chi connectivity index (χ3n) is 4.40. The molecule has 119 valence electrons. The molecule has 1 radical (unpaired) electrons. The van der Waals surface area contributed by atoms with E-state index >= 15 is 0 Å². The molecule has 1 heterocycles. The predicted octanol–water partition coefficient (Wildman–Crippen LogP) is 2.20. The van der Waals surface area contributed by atoms with Crippen LogP contribution in [0.1, 0.15) is 31.2 Å². The Morgan fingerprint density at radius 3 is 2.82 bits per heavy atom. The molecule has 22 heavy (non-hydrogen) atoms. The maximum Gasteiger partial charge on any atom is 0.306 e. The summed E-state index contributed by atoms with van der Waals surface area (Å²) in [6, 6.07) is 6.60. The summed E-state index contributed by atoms with van der Waals surface area (Å²) in [6.07, 6.45) is 3.34. The Bertz CT molecular complexity index is 583. The monoisotopic (exact) mass is 321 g/mol. The Balaban J connectivity index is 1.53. The molecule has 3 N–H and O–H groups in total. The summed E-state index contributed by atoms with van der Waals surface area (Å²) in [4.78, 5) is 23.6. The lowest BCUT2D eigenvalue weighted by molar-refractivity contribution is -0.142. The number of rotatable bonds is 4. The van der Waals surface area contributed by atoms with E-state index in [2.05, 4.69) is 22.8 Å². The van der Waals surface area contributed by atoms with E-state index in [-0.39, 0.29) is 11.8 Å². The van der Waals surface area contributed by atoms with Crippen molar-refractivity contribution in [2.75, 3.05) is 11.1 Å². The number of carboxylic acid groups (broad SMARTS) is 1. The Kier molecular flexibility index (Phi) is 4.69. The van der Waals surface area contributed by atoms with Crippen molar-refractivity contribution in [3.05, 3.63) is 23.8 Å². The van der Waals surface area contributed by atoms with Crippen LogP contribution in [0.25, 0.3) is 0 Å². The van der Waals surface area contributed by atoms with Crippen molar-refractivity contribution < 1.29 is 14.7 Å². The summed E-state index contributed by atoms with van der Waals surface area (Å²) in [5, 5.41) is 15.4. The van der Waals surface area contributed by atoms with Crippen molar-refractivity contribution in [2.24, 2.45) is 5.92 Å². The number of benzene rings is 1. The lowest BCUT2D eigenvalue weighted by atomic mass is 9.86. The summed E-state index contributed by atoms with van der Waals surface area (Å²) in [7, 11) is 0. The number of carboxylic acids is 1. The molecule has 2 aliphatic rings. The highest BCUT2D eigenvalue weighted by Gasteiger charge is 2.25. The number of hydrogen-bond acceptors (Lipinski definition) is 3. The van der Waals surface area contributed by atoms with Crippen molar-refractivity contribution in [1.29, 1.82) is 0 Å². The first-order valence-corrected chi connectivity index (χ1v) is 8.76. The van der Waals surface area contributed by atoms with Crippen LogP contribution in [0.3, 0.4) is 0 Å². The number of carbonyl (C=O) groups is 2. The summed E-state index contributed by atoms with van der Waals surface area (Å²) in [5.74, 6) is -0.220. The molecule has 1 aliphatic heterocycles. The zero-order chi connectivity index (χ0) is 15.5. The maximum atomic E-state index is 11.4. The number of amides is 1. The minimum Gasteiger partial charge on any atom is -0.481 e. The first kappa shape index (κ1) is 15.4. The van der Waals surface area contributed by atoms with Gasteiger partial charge in [0.1, 0.15) is 0 Å². The van der Waals surface area contributed by atoms with E-state index in [9.17, 15) is 9.59 Å². The van der Waals surface area contributed by atoms with Gasteiger partial charge in [-0.2, -0.15) is 11.8 Å².